The second-order valence-corrected chi connectivity index (χ2v) is 5.43. The topological polar surface area (TPSA) is 21.3 Å². The van der Waals surface area contributed by atoms with Crippen molar-refractivity contribution in [2.45, 2.75) is 20.1 Å². The predicted octanol–water partition coefficient (Wildman–Crippen LogP) is 4.42. The van der Waals surface area contributed by atoms with E-state index >= 15 is 0 Å². The number of rotatable bonds is 6. The van der Waals surface area contributed by atoms with Crippen LogP contribution in [0.15, 0.2) is 40.9 Å². The van der Waals surface area contributed by atoms with E-state index in [1.807, 2.05) is 25.1 Å². The van der Waals surface area contributed by atoms with Crippen molar-refractivity contribution in [3.63, 3.8) is 0 Å². The first-order valence-electron chi connectivity index (χ1n) is 6.66. The van der Waals surface area contributed by atoms with Gasteiger partial charge in [-0.1, -0.05) is 19.1 Å². The van der Waals surface area contributed by atoms with Gasteiger partial charge in [0.05, 0.1) is 4.47 Å². The molecule has 0 fully saturated rings. The Balaban J connectivity index is 2.15. The van der Waals surface area contributed by atoms with Crippen LogP contribution in [0.4, 0.5) is 8.78 Å². The minimum Gasteiger partial charge on any atom is -0.487 e. The molecule has 0 aliphatic rings. The molecule has 112 valence electrons. The van der Waals surface area contributed by atoms with Crippen LogP contribution in [-0.2, 0) is 13.2 Å². The molecule has 0 aromatic heterocycles. The number of hydrogen-bond donors (Lipinski definition) is 1. The summed E-state index contributed by atoms with van der Waals surface area (Å²) in [6, 6.07) is 9.13. The molecule has 0 saturated carbocycles. The van der Waals surface area contributed by atoms with Crippen LogP contribution >= 0.6 is 15.9 Å². The molecular formula is C16H16BrF2NO. The van der Waals surface area contributed by atoms with Gasteiger partial charge in [0.25, 0.3) is 0 Å². The van der Waals surface area contributed by atoms with Crippen molar-refractivity contribution < 1.29 is 13.5 Å². The molecule has 0 bridgehead atoms. The second kappa shape index (κ2) is 7.52. The molecule has 21 heavy (non-hydrogen) atoms. The van der Waals surface area contributed by atoms with Crippen LogP contribution in [0, 0.1) is 11.6 Å². The standard InChI is InChI=1S/C16H16BrF2NO/c1-2-20-9-12-4-3-5-15(17)16(12)21-10-11-6-13(18)8-14(19)7-11/h3-8,20H,2,9-10H2,1H3. The molecular weight excluding hydrogens is 340 g/mol. The largest absolute Gasteiger partial charge is 0.487 e. The van der Waals surface area contributed by atoms with Gasteiger partial charge in [-0.05, 0) is 46.2 Å². The number of ether oxygens (including phenoxy) is 1. The summed E-state index contributed by atoms with van der Waals surface area (Å²) >= 11 is 3.44. The zero-order valence-electron chi connectivity index (χ0n) is 11.6. The Bertz CT molecular complexity index is 599. The van der Waals surface area contributed by atoms with E-state index in [4.69, 9.17) is 4.74 Å². The average molecular weight is 356 g/mol. The van der Waals surface area contributed by atoms with Gasteiger partial charge < -0.3 is 10.1 Å². The molecule has 5 heteroatoms. The average Bonchev–Trinajstić information content (AvgIpc) is 2.43. The molecule has 0 atom stereocenters. The molecule has 0 unspecified atom stereocenters. The summed E-state index contributed by atoms with van der Waals surface area (Å²) in [6.07, 6.45) is 0. The predicted molar refractivity (Wildman–Crippen MR) is 82.2 cm³/mol. The van der Waals surface area contributed by atoms with E-state index < -0.39 is 11.6 Å². The zero-order valence-corrected chi connectivity index (χ0v) is 13.2. The third-order valence-electron chi connectivity index (χ3n) is 2.92. The molecule has 0 amide bonds. The van der Waals surface area contributed by atoms with E-state index in [1.165, 1.54) is 12.1 Å². The van der Waals surface area contributed by atoms with Gasteiger partial charge in [-0.3, -0.25) is 0 Å². The van der Waals surface area contributed by atoms with Gasteiger partial charge in [-0.25, -0.2) is 8.78 Å². The third kappa shape index (κ3) is 4.51. The van der Waals surface area contributed by atoms with Crippen molar-refractivity contribution in [3.8, 4) is 5.75 Å². The van der Waals surface area contributed by atoms with Gasteiger partial charge in [-0.15, -0.1) is 0 Å². The highest BCUT2D eigenvalue weighted by molar-refractivity contribution is 9.10. The Morgan fingerprint density at radius 1 is 1.14 bits per heavy atom. The SMILES string of the molecule is CCNCc1cccc(Br)c1OCc1cc(F)cc(F)c1. The molecule has 2 aromatic rings. The first-order valence-corrected chi connectivity index (χ1v) is 7.45. The summed E-state index contributed by atoms with van der Waals surface area (Å²) in [5.41, 5.74) is 1.45. The maximum Gasteiger partial charge on any atom is 0.138 e. The molecule has 0 radical (unpaired) electrons. The molecule has 2 aromatic carbocycles. The summed E-state index contributed by atoms with van der Waals surface area (Å²) in [7, 11) is 0. The Morgan fingerprint density at radius 2 is 1.86 bits per heavy atom. The maximum absolute atomic E-state index is 13.2. The summed E-state index contributed by atoms with van der Waals surface area (Å²) in [5, 5.41) is 3.23. The molecule has 2 rings (SSSR count). The minimum absolute atomic E-state index is 0.108. The third-order valence-corrected chi connectivity index (χ3v) is 3.54. The highest BCUT2D eigenvalue weighted by atomic mass is 79.9. The summed E-state index contributed by atoms with van der Waals surface area (Å²) in [6.45, 7) is 3.65. The fraction of sp³-hybridized carbons (Fsp3) is 0.250. The fourth-order valence-electron chi connectivity index (χ4n) is 1.96. The van der Waals surface area contributed by atoms with E-state index in [0.717, 1.165) is 22.6 Å². The van der Waals surface area contributed by atoms with E-state index in [2.05, 4.69) is 21.2 Å². The van der Waals surface area contributed by atoms with Crippen LogP contribution in [0.5, 0.6) is 5.75 Å². The molecule has 0 spiro atoms. The number of nitrogens with one attached hydrogen (secondary N) is 1. The Labute approximate surface area is 131 Å². The Hall–Kier alpha value is -1.46. The van der Waals surface area contributed by atoms with Crippen LogP contribution in [0.25, 0.3) is 0 Å². The van der Waals surface area contributed by atoms with Gasteiger partial charge in [0.1, 0.15) is 24.0 Å². The first-order chi connectivity index (χ1) is 10.1. The van der Waals surface area contributed by atoms with Gasteiger partial charge in [0.2, 0.25) is 0 Å². The monoisotopic (exact) mass is 355 g/mol. The molecule has 0 aliphatic heterocycles. The van der Waals surface area contributed by atoms with Crippen LogP contribution in [-0.4, -0.2) is 6.54 Å². The Kier molecular flexibility index (Phi) is 5.70. The van der Waals surface area contributed by atoms with E-state index in [0.29, 0.717) is 17.9 Å². The quantitative estimate of drug-likeness (QED) is 0.828. The Morgan fingerprint density at radius 3 is 2.52 bits per heavy atom. The van der Waals surface area contributed by atoms with Gasteiger partial charge in [0.15, 0.2) is 0 Å². The molecule has 1 N–H and O–H groups in total. The molecule has 0 aliphatic carbocycles. The van der Waals surface area contributed by atoms with Gasteiger partial charge >= 0.3 is 0 Å². The number of hydrogen-bond acceptors (Lipinski definition) is 2. The van der Waals surface area contributed by atoms with Crippen molar-refractivity contribution in [1.82, 2.24) is 5.32 Å². The van der Waals surface area contributed by atoms with Crippen molar-refractivity contribution in [2.75, 3.05) is 6.54 Å². The summed E-state index contributed by atoms with van der Waals surface area (Å²) in [5.74, 6) is -0.523. The highest BCUT2D eigenvalue weighted by Gasteiger charge is 2.09. The fourth-order valence-corrected chi connectivity index (χ4v) is 2.49. The molecule has 0 heterocycles. The summed E-state index contributed by atoms with van der Waals surface area (Å²) in [4.78, 5) is 0. The van der Waals surface area contributed by atoms with Crippen molar-refractivity contribution in [2.24, 2.45) is 0 Å². The zero-order chi connectivity index (χ0) is 15.2. The summed E-state index contributed by atoms with van der Waals surface area (Å²) < 4.78 is 32.9. The minimum atomic E-state index is -0.603. The number of benzene rings is 2. The van der Waals surface area contributed by atoms with E-state index in [-0.39, 0.29) is 6.61 Å². The highest BCUT2D eigenvalue weighted by Crippen LogP contribution is 2.30. The second-order valence-electron chi connectivity index (χ2n) is 4.57. The smallest absolute Gasteiger partial charge is 0.138 e. The lowest BCUT2D eigenvalue weighted by Crippen LogP contribution is -2.13. The lowest BCUT2D eigenvalue weighted by atomic mass is 10.2. The van der Waals surface area contributed by atoms with Crippen molar-refractivity contribution in [3.05, 3.63) is 63.6 Å². The van der Waals surface area contributed by atoms with E-state index in [1.54, 1.807) is 0 Å². The van der Waals surface area contributed by atoms with Crippen LogP contribution < -0.4 is 10.1 Å². The number of halogens is 3. The maximum atomic E-state index is 13.2. The lowest BCUT2D eigenvalue weighted by Gasteiger charge is -2.14. The van der Waals surface area contributed by atoms with Gasteiger partial charge in [-0.2, -0.15) is 0 Å². The van der Waals surface area contributed by atoms with Crippen LogP contribution in [0.1, 0.15) is 18.1 Å². The van der Waals surface area contributed by atoms with Gasteiger partial charge in [0, 0.05) is 18.2 Å². The lowest BCUT2D eigenvalue weighted by molar-refractivity contribution is 0.299. The van der Waals surface area contributed by atoms with Crippen LogP contribution in [0.2, 0.25) is 0 Å². The first kappa shape index (κ1) is 15.9. The van der Waals surface area contributed by atoms with Crippen molar-refractivity contribution in [1.29, 1.82) is 0 Å². The normalized spacial score (nSPS) is 10.7. The molecule has 2 nitrogen and oxygen atoms in total. The number of para-hydroxylation sites is 1. The van der Waals surface area contributed by atoms with Crippen molar-refractivity contribution >= 4 is 15.9 Å². The molecule has 0 saturated heterocycles. The van der Waals surface area contributed by atoms with Crippen LogP contribution in [0.3, 0.4) is 0 Å². The van der Waals surface area contributed by atoms with E-state index in [9.17, 15) is 8.78 Å².